The third-order valence-corrected chi connectivity index (χ3v) is 4.19. The Morgan fingerprint density at radius 3 is 2.27 bits per heavy atom. The third-order valence-electron chi connectivity index (χ3n) is 4.19. The van der Waals surface area contributed by atoms with E-state index in [1.165, 1.54) is 16.7 Å². The number of ether oxygens (including phenoxy) is 2. The summed E-state index contributed by atoms with van der Waals surface area (Å²) in [6.45, 7) is 0. The van der Waals surface area contributed by atoms with Crippen LogP contribution in [0.4, 0.5) is 0 Å². The van der Waals surface area contributed by atoms with E-state index in [2.05, 4.69) is 60.7 Å². The second-order valence-corrected chi connectivity index (χ2v) is 5.35. The van der Waals surface area contributed by atoms with Gasteiger partial charge >= 0.3 is 0 Å². The van der Waals surface area contributed by atoms with Crippen LogP contribution in [-0.2, 0) is 15.1 Å². The van der Waals surface area contributed by atoms with E-state index in [-0.39, 0.29) is 0 Å². The molecule has 1 unspecified atom stereocenters. The topological polar surface area (TPSA) is 18.5 Å². The van der Waals surface area contributed by atoms with Gasteiger partial charge in [-0.2, -0.15) is 0 Å². The van der Waals surface area contributed by atoms with E-state index < -0.39 is 5.60 Å². The van der Waals surface area contributed by atoms with Gasteiger partial charge in [-0.15, -0.1) is 0 Å². The SMILES string of the molecule is COC1=CCC(OC)(c2ccccc2-c2ccccc2)C=C1. The van der Waals surface area contributed by atoms with Crippen molar-refractivity contribution in [2.45, 2.75) is 12.0 Å². The van der Waals surface area contributed by atoms with E-state index in [0.29, 0.717) is 0 Å². The smallest absolute Gasteiger partial charge is 0.115 e. The molecule has 0 saturated heterocycles. The Hall–Kier alpha value is -2.32. The van der Waals surface area contributed by atoms with Gasteiger partial charge in [0.2, 0.25) is 0 Å². The molecule has 22 heavy (non-hydrogen) atoms. The highest BCUT2D eigenvalue weighted by atomic mass is 16.5. The molecule has 2 aromatic rings. The lowest BCUT2D eigenvalue weighted by Gasteiger charge is -2.33. The molecule has 112 valence electrons. The minimum atomic E-state index is -0.450. The summed E-state index contributed by atoms with van der Waals surface area (Å²) in [6.07, 6.45) is 6.90. The van der Waals surface area contributed by atoms with Crippen LogP contribution in [0.5, 0.6) is 0 Å². The summed E-state index contributed by atoms with van der Waals surface area (Å²) in [6, 6.07) is 18.8. The Balaban J connectivity index is 2.09. The van der Waals surface area contributed by atoms with Gasteiger partial charge in [0.15, 0.2) is 0 Å². The number of methoxy groups -OCH3 is 2. The lowest BCUT2D eigenvalue weighted by atomic mass is 9.82. The van der Waals surface area contributed by atoms with Gasteiger partial charge in [0.05, 0.1) is 7.11 Å². The van der Waals surface area contributed by atoms with Gasteiger partial charge in [-0.05, 0) is 34.9 Å². The first-order valence-corrected chi connectivity index (χ1v) is 7.42. The molecular formula is C20H20O2. The zero-order valence-electron chi connectivity index (χ0n) is 13.0. The van der Waals surface area contributed by atoms with E-state index in [9.17, 15) is 0 Å². The highest BCUT2D eigenvalue weighted by Gasteiger charge is 2.32. The molecular weight excluding hydrogens is 272 g/mol. The summed E-state index contributed by atoms with van der Waals surface area (Å²) in [5.41, 5.74) is 3.12. The van der Waals surface area contributed by atoms with Crippen LogP contribution in [0.3, 0.4) is 0 Å². The van der Waals surface area contributed by atoms with Crippen molar-refractivity contribution in [3.05, 3.63) is 84.1 Å². The predicted octanol–water partition coefficient (Wildman–Crippen LogP) is 4.69. The van der Waals surface area contributed by atoms with Crippen molar-refractivity contribution in [1.29, 1.82) is 0 Å². The molecule has 0 aliphatic heterocycles. The number of benzene rings is 2. The molecule has 0 heterocycles. The molecule has 3 rings (SSSR count). The number of allylic oxidation sites excluding steroid dienone is 1. The van der Waals surface area contributed by atoms with E-state index in [0.717, 1.165) is 12.2 Å². The summed E-state index contributed by atoms with van der Waals surface area (Å²) in [4.78, 5) is 0. The quantitative estimate of drug-likeness (QED) is 0.814. The Kier molecular flexibility index (Phi) is 4.12. The predicted molar refractivity (Wildman–Crippen MR) is 89.4 cm³/mol. The molecule has 0 bridgehead atoms. The first kappa shape index (κ1) is 14.6. The van der Waals surface area contributed by atoms with Gasteiger partial charge in [0.1, 0.15) is 11.4 Å². The van der Waals surface area contributed by atoms with Gasteiger partial charge in [0, 0.05) is 13.5 Å². The largest absolute Gasteiger partial charge is 0.497 e. The van der Waals surface area contributed by atoms with Crippen LogP contribution in [0, 0.1) is 0 Å². The molecule has 2 nitrogen and oxygen atoms in total. The Morgan fingerprint density at radius 1 is 0.909 bits per heavy atom. The monoisotopic (exact) mass is 292 g/mol. The van der Waals surface area contributed by atoms with Crippen molar-refractivity contribution in [3.8, 4) is 11.1 Å². The molecule has 1 aliphatic rings. The van der Waals surface area contributed by atoms with Crippen LogP contribution in [0.15, 0.2) is 78.6 Å². The summed E-state index contributed by atoms with van der Waals surface area (Å²) in [5.74, 6) is 0.880. The fourth-order valence-corrected chi connectivity index (χ4v) is 2.94. The molecule has 0 spiro atoms. The van der Waals surface area contributed by atoms with E-state index >= 15 is 0 Å². The van der Waals surface area contributed by atoms with Crippen molar-refractivity contribution in [2.24, 2.45) is 0 Å². The van der Waals surface area contributed by atoms with Crippen molar-refractivity contribution >= 4 is 0 Å². The van der Waals surface area contributed by atoms with Gasteiger partial charge < -0.3 is 9.47 Å². The average molecular weight is 292 g/mol. The minimum absolute atomic E-state index is 0.450. The Morgan fingerprint density at radius 2 is 1.64 bits per heavy atom. The van der Waals surface area contributed by atoms with Gasteiger partial charge in [-0.25, -0.2) is 0 Å². The molecule has 1 atom stereocenters. The Labute approximate surface area is 131 Å². The highest BCUT2D eigenvalue weighted by molar-refractivity contribution is 5.69. The third kappa shape index (κ3) is 2.58. The molecule has 2 heteroatoms. The lowest BCUT2D eigenvalue weighted by Crippen LogP contribution is -2.28. The van der Waals surface area contributed by atoms with Crippen LogP contribution < -0.4 is 0 Å². The van der Waals surface area contributed by atoms with Crippen molar-refractivity contribution in [1.82, 2.24) is 0 Å². The van der Waals surface area contributed by atoms with Crippen LogP contribution in [0.1, 0.15) is 12.0 Å². The van der Waals surface area contributed by atoms with Crippen LogP contribution in [-0.4, -0.2) is 14.2 Å². The lowest BCUT2D eigenvalue weighted by molar-refractivity contribution is 0.0293. The molecule has 0 aromatic heterocycles. The van der Waals surface area contributed by atoms with Crippen molar-refractivity contribution < 1.29 is 9.47 Å². The average Bonchev–Trinajstić information content (AvgIpc) is 2.62. The standard InChI is InChI=1S/C20H20O2/c1-21-17-12-14-20(22-2,15-13-17)19-11-7-6-10-18(19)16-8-4-3-5-9-16/h3-14H,15H2,1-2H3. The number of hydrogen-bond donors (Lipinski definition) is 0. The Bertz CT molecular complexity index is 701. The van der Waals surface area contributed by atoms with E-state index in [4.69, 9.17) is 9.47 Å². The summed E-state index contributed by atoms with van der Waals surface area (Å²) in [5, 5.41) is 0. The highest BCUT2D eigenvalue weighted by Crippen LogP contribution is 2.40. The summed E-state index contributed by atoms with van der Waals surface area (Å²) in [7, 11) is 3.45. The first-order valence-electron chi connectivity index (χ1n) is 7.42. The summed E-state index contributed by atoms with van der Waals surface area (Å²) < 4.78 is 11.2. The molecule has 2 aromatic carbocycles. The first-order chi connectivity index (χ1) is 10.8. The van der Waals surface area contributed by atoms with Crippen LogP contribution in [0.2, 0.25) is 0 Å². The van der Waals surface area contributed by atoms with Crippen molar-refractivity contribution in [2.75, 3.05) is 14.2 Å². The molecule has 1 aliphatic carbocycles. The zero-order valence-corrected chi connectivity index (χ0v) is 13.0. The van der Waals surface area contributed by atoms with Crippen LogP contribution >= 0.6 is 0 Å². The zero-order chi connectivity index (χ0) is 15.4. The molecule has 0 amide bonds. The number of hydrogen-bond acceptors (Lipinski definition) is 2. The minimum Gasteiger partial charge on any atom is -0.497 e. The van der Waals surface area contributed by atoms with Crippen molar-refractivity contribution in [3.63, 3.8) is 0 Å². The van der Waals surface area contributed by atoms with E-state index in [1.807, 2.05) is 12.1 Å². The van der Waals surface area contributed by atoms with Crippen LogP contribution in [0.25, 0.3) is 11.1 Å². The molecule has 0 saturated carbocycles. The maximum atomic E-state index is 5.93. The maximum absolute atomic E-state index is 5.93. The second-order valence-electron chi connectivity index (χ2n) is 5.35. The normalized spacial score (nSPS) is 20.5. The molecule has 0 radical (unpaired) electrons. The van der Waals surface area contributed by atoms with Gasteiger partial charge in [-0.1, -0.05) is 54.6 Å². The fraction of sp³-hybridized carbons (Fsp3) is 0.200. The van der Waals surface area contributed by atoms with Gasteiger partial charge in [-0.3, -0.25) is 0 Å². The van der Waals surface area contributed by atoms with Gasteiger partial charge in [0.25, 0.3) is 0 Å². The number of rotatable bonds is 4. The second kappa shape index (κ2) is 6.20. The van der Waals surface area contributed by atoms with E-state index in [1.54, 1.807) is 14.2 Å². The maximum Gasteiger partial charge on any atom is 0.115 e. The molecule has 0 N–H and O–H groups in total. The molecule has 0 fully saturated rings. The summed E-state index contributed by atoms with van der Waals surface area (Å²) >= 11 is 0. The fourth-order valence-electron chi connectivity index (χ4n) is 2.94.